The van der Waals surface area contributed by atoms with E-state index < -0.39 is 0 Å². The second-order valence-electron chi connectivity index (χ2n) is 8.03. The lowest BCUT2D eigenvalue weighted by Gasteiger charge is -2.11. The van der Waals surface area contributed by atoms with E-state index in [4.69, 9.17) is 21.3 Å². The first-order valence-corrected chi connectivity index (χ1v) is 11.6. The molecule has 0 saturated carbocycles. The van der Waals surface area contributed by atoms with E-state index in [0.717, 1.165) is 46.7 Å². The molecule has 1 N–H and O–H groups in total. The van der Waals surface area contributed by atoms with Gasteiger partial charge in [-0.05, 0) is 60.9 Å². The van der Waals surface area contributed by atoms with Crippen LogP contribution in [0.2, 0.25) is 5.02 Å². The van der Waals surface area contributed by atoms with E-state index in [1.54, 1.807) is 0 Å². The van der Waals surface area contributed by atoms with Gasteiger partial charge in [0.1, 0.15) is 11.6 Å². The van der Waals surface area contributed by atoms with Crippen molar-refractivity contribution in [3.8, 4) is 5.75 Å². The largest absolute Gasteiger partial charge is 0.494 e. The molecule has 33 heavy (non-hydrogen) atoms. The lowest BCUT2D eigenvalue weighted by Crippen LogP contribution is -2.28. The second-order valence-corrected chi connectivity index (χ2v) is 8.46. The highest BCUT2D eigenvalue weighted by atomic mass is 35.5. The van der Waals surface area contributed by atoms with Gasteiger partial charge in [-0.15, -0.1) is 0 Å². The molecule has 0 bridgehead atoms. The zero-order valence-electron chi connectivity index (χ0n) is 18.8. The van der Waals surface area contributed by atoms with Crippen LogP contribution >= 0.6 is 11.6 Å². The monoisotopic (exact) mass is 461 g/mol. The van der Waals surface area contributed by atoms with Crippen LogP contribution in [0.15, 0.2) is 72.8 Å². The summed E-state index contributed by atoms with van der Waals surface area (Å²) in [4.78, 5) is 17.2. The average Bonchev–Trinajstić information content (AvgIpc) is 3.17. The van der Waals surface area contributed by atoms with Crippen molar-refractivity contribution in [2.45, 2.75) is 32.7 Å². The number of hydrogen-bond acceptors (Lipinski definition) is 3. The summed E-state index contributed by atoms with van der Waals surface area (Å²) < 4.78 is 8.07. The Morgan fingerprint density at radius 3 is 2.61 bits per heavy atom. The maximum absolute atomic E-state index is 12.4. The summed E-state index contributed by atoms with van der Waals surface area (Å²) in [7, 11) is 0. The summed E-state index contributed by atoms with van der Waals surface area (Å²) in [6.07, 6.45) is 1.91. The number of aromatic nitrogens is 2. The normalized spacial score (nSPS) is 11.0. The zero-order valence-corrected chi connectivity index (χ0v) is 19.5. The molecule has 6 heteroatoms. The number of imidazole rings is 1. The topological polar surface area (TPSA) is 56.2 Å². The van der Waals surface area contributed by atoms with Crippen LogP contribution in [0.1, 0.15) is 23.4 Å². The number of nitrogens with one attached hydrogen (secondary N) is 1. The average molecular weight is 462 g/mol. The number of rotatable bonds is 10. The van der Waals surface area contributed by atoms with E-state index in [1.165, 1.54) is 0 Å². The fraction of sp³-hybridized carbons (Fsp3) is 0.259. The van der Waals surface area contributed by atoms with Crippen molar-refractivity contribution < 1.29 is 9.53 Å². The highest BCUT2D eigenvalue weighted by Crippen LogP contribution is 2.18. The Bertz CT molecular complexity index is 1220. The van der Waals surface area contributed by atoms with Crippen molar-refractivity contribution in [1.29, 1.82) is 0 Å². The molecule has 0 spiro atoms. The van der Waals surface area contributed by atoms with Gasteiger partial charge in [-0.3, -0.25) is 4.79 Å². The van der Waals surface area contributed by atoms with Gasteiger partial charge in [0.25, 0.3) is 0 Å². The van der Waals surface area contributed by atoms with E-state index in [9.17, 15) is 4.79 Å². The third-order valence-electron chi connectivity index (χ3n) is 5.63. The fourth-order valence-corrected chi connectivity index (χ4v) is 3.99. The molecule has 3 aromatic carbocycles. The summed E-state index contributed by atoms with van der Waals surface area (Å²) in [5.74, 6) is 1.81. The number of benzene rings is 3. The number of aryl methyl sites for hydroxylation is 2. The molecule has 1 heterocycles. The van der Waals surface area contributed by atoms with Gasteiger partial charge in [0.05, 0.1) is 24.1 Å². The number of ether oxygens (including phenoxy) is 1. The van der Waals surface area contributed by atoms with Gasteiger partial charge in [-0.1, -0.05) is 48.0 Å². The number of hydrogen-bond donors (Lipinski definition) is 1. The Morgan fingerprint density at radius 1 is 1.03 bits per heavy atom. The van der Waals surface area contributed by atoms with Crippen LogP contribution in [0, 0.1) is 6.92 Å². The molecule has 4 aromatic rings. The Hall–Kier alpha value is -3.31. The Balaban J connectivity index is 1.34. The predicted octanol–water partition coefficient (Wildman–Crippen LogP) is 5.37. The quantitative estimate of drug-likeness (QED) is 0.323. The number of para-hydroxylation sites is 2. The molecule has 0 atom stereocenters. The molecule has 0 aliphatic carbocycles. The molecule has 0 saturated heterocycles. The van der Waals surface area contributed by atoms with Crippen LogP contribution in [-0.4, -0.2) is 28.6 Å². The van der Waals surface area contributed by atoms with Gasteiger partial charge in [0.15, 0.2) is 0 Å². The van der Waals surface area contributed by atoms with Gasteiger partial charge < -0.3 is 14.6 Å². The molecular formula is C27H28ClN3O2. The van der Waals surface area contributed by atoms with Crippen molar-refractivity contribution in [1.82, 2.24) is 14.9 Å². The van der Waals surface area contributed by atoms with Crippen LogP contribution in [0.5, 0.6) is 5.75 Å². The SMILES string of the molecule is Cc1ccccc1CC(=O)NCCc1nc2ccccc2n1CCCOc1ccc(Cl)cc1. The Morgan fingerprint density at radius 2 is 1.79 bits per heavy atom. The van der Waals surface area contributed by atoms with Gasteiger partial charge in [-0.2, -0.15) is 0 Å². The van der Waals surface area contributed by atoms with Crippen molar-refractivity contribution >= 4 is 28.5 Å². The second kappa shape index (κ2) is 11.0. The smallest absolute Gasteiger partial charge is 0.224 e. The maximum Gasteiger partial charge on any atom is 0.224 e. The van der Waals surface area contributed by atoms with Gasteiger partial charge in [-0.25, -0.2) is 4.98 Å². The van der Waals surface area contributed by atoms with Crippen LogP contribution < -0.4 is 10.1 Å². The number of nitrogens with zero attached hydrogens (tertiary/aromatic N) is 2. The maximum atomic E-state index is 12.4. The van der Waals surface area contributed by atoms with Crippen molar-refractivity contribution in [2.75, 3.05) is 13.2 Å². The number of carbonyl (C=O) groups excluding carboxylic acids is 1. The molecule has 1 amide bonds. The molecule has 170 valence electrons. The highest BCUT2D eigenvalue weighted by Gasteiger charge is 2.11. The minimum Gasteiger partial charge on any atom is -0.494 e. The van der Waals surface area contributed by atoms with Crippen LogP contribution in [0.4, 0.5) is 0 Å². The summed E-state index contributed by atoms with van der Waals surface area (Å²) in [6, 6.07) is 23.5. The standard InChI is InChI=1S/C27H28ClN3O2/c1-20-7-2-3-8-21(20)19-27(32)29-16-15-26-30-24-9-4-5-10-25(24)31(26)17-6-18-33-23-13-11-22(28)12-14-23/h2-5,7-14H,6,15-19H2,1H3,(H,29,32). The van der Waals surface area contributed by atoms with Crippen LogP contribution in [0.25, 0.3) is 11.0 Å². The lowest BCUT2D eigenvalue weighted by molar-refractivity contribution is -0.120. The molecule has 1 aromatic heterocycles. The summed E-state index contributed by atoms with van der Waals surface area (Å²) in [5, 5.41) is 3.74. The molecule has 0 unspecified atom stereocenters. The fourth-order valence-electron chi connectivity index (χ4n) is 3.87. The Kier molecular flexibility index (Phi) is 7.63. The molecule has 4 rings (SSSR count). The van der Waals surface area contributed by atoms with E-state index in [-0.39, 0.29) is 5.91 Å². The minimum absolute atomic E-state index is 0.0309. The third-order valence-corrected chi connectivity index (χ3v) is 5.88. The molecule has 0 aliphatic rings. The molecular weight excluding hydrogens is 434 g/mol. The van der Waals surface area contributed by atoms with Gasteiger partial charge in [0, 0.05) is 24.5 Å². The van der Waals surface area contributed by atoms with E-state index in [1.807, 2.05) is 73.7 Å². The molecule has 0 fully saturated rings. The van der Waals surface area contributed by atoms with Crippen molar-refractivity contribution in [3.05, 3.63) is 94.8 Å². The van der Waals surface area contributed by atoms with E-state index in [2.05, 4.69) is 16.0 Å². The number of halogens is 1. The van der Waals surface area contributed by atoms with Crippen molar-refractivity contribution in [2.24, 2.45) is 0 Å². The van der Waals surface area contributed by atoms with Gasteiger partial charge in [0.2, 0.25) is 5.91 Å². The third kappa shape index (κ3) is 6.14. The molecule has 0 aliphatic heterocycles. The zero-order chi connectivity index (χ0) is 23.0. The first-order valence-electron chi connectivity index (χ1n) is 11.2. The summed E-state index contributed by atoms with van der Waals surface area (Å²) in [6.45, 7) is 3.97. The molecule has 0 radical (unpaired) electrons. The predicted molar refractivity (Wildman–Crippen MR) is 133 cm³/mol. The molecule has 5 nitrogen and oxygen atoms in total. The van der Waals surface area contributed by atoms with Crippen molar-refractivity contribution in [3.63, 3.8) is 0 Å². The minimum atomic E-state index is 0.0309. The summed E-state index contributed by atoms with van der Waals surface area (Å²) in [5.41, 5.74) is 4.26. The van der Waals surface area contributed by atoms with E-state index >= 15 is 0 Å². The van der Waals surface area contributed by atoms with Gasteiger partial charge >= 0.3 is 0 Å². The first-order chi connectivity index (χ1) is 16.1. The number of carbonyl (C=O) groups is 1. The lowest BCUT2D eigenvalue weighted by atomic mass is 10.1. The number of fused-ring (bicyclic) bond motifs is 1. The van der Waals surface area contributed by atoms with Crippen LogP contribution in [-0.2, 0) is 24.2 Å². The Labute approximate surface area is 199 Å². The number of amides is 1. The van der Waals surface area contributed by atoms with Crippen LogP contribution in [0.3, 0.4) is 0 Å². The summed E-state index contributed by atoms with van der Waals surface area (Å²) >= 11 is 5.93. The first kappa shape index (κ1) is 22.9. The highest BCUT2D eigenvalue weighted by molar-refractivity contribution is 6.30. The van der Waals surface area contributed by atoms with E-state index in [0.29, 0.717) is 31.0 Å².